The highest BCUT2D eigenvalue weighted by Gasteiger charge is 2.14. The van der Waals surface area contributed by atoms with Gasteiger partial charge in [0.05, 0.1) is 12.7 Å². The van der Waals surface area contributed by atoms with Gasteiger partial charge in [-0.1, -0.05) is 52.0 Å². The van der Waals surface area contributed by atoms with Crippen molar-refractivity contribution in [3.05, 3.63) is 35.4 Å². The van der Waals surface area contributed by atoms with Crippen LogP contribution in [0.25, 0.3) is 0 Å². The van der Waals surface area contributed by atoms with Crippen molar-refractivity contribution in [2.45, 2.75) is 65.5 Å². The van der Waals surface area contributed by atoms with E-state index in [1.165, 1.54) is 11.1 Å². The molecule has 20 heavy (non-hydrogen) atoms. The maximum absolute atomic E-state index is 5.74. The molecule has 0 fully saturated rings. The van der Waals surface area contributed by atoms with Crippen LogP contribution in [0.1, 0.15) is 52.7 Å². The molecule has 0 aliphatic carbocycles. The Kier molecular flexibility index (Phi) is 6.70. The Hall–Kier alpha value is -0.860. The first kappa shape index (κ1) is 17.2. The van der Waals surface area contributed by atoms with Crippen molar-refractivity contribution in [3.63, 3.8) is 0 Å². The monoisotopic (exact) mass is 277 g/mol. The number of hydrogen-bond donors (Lipinski definition) is 1. The molecule has 0 radical (unpaired) electrons. The maximum atomic E-state index is 5.74. The van der Waals surface area contributed by atoms with Crippen LogP contribution < -0.4 is 5.32 Å². The van der Waals surface area contributed by atoms with Gasteiger partial charge in [0, 0.05) is 6.04 Å². The fraction of sp³-hybridized carbons (Fsp3) is 0.667. The summed E-state index contributed by atoms with van der Waals surface area (Å²) in [5, 5.41) is 3.51. The highest BCUT2D eigenvalue weighted by molar-refractivity contribution is 5.28. The molecule has 1 rings (SSSR count). The first-order valence-electron chi connectivity index (χ1n) is 7.77. The fourth-order valence-corrected chi connectivity index (χ4v) is 2.21. The third-order valence-corrected chi connectivity index (χ3v) is 3.43. The highest BCUT2D eigenvalue weighted by Crippen LogP contribution is 2.22. The number of nitrogens with one attached hydrogen (secondary N) is 1. The van der Waals surface area contributed by atoms with Gasteiger partial charge in [0.25, 0.3) is 0 Å². The molecule has 1 unspecified atom stereocenters. The highest BCUT2D eigenvalue weighted by atomic mass is 16.5. The molecule has 0 aliphatic rings. The number of likely N-dealkylation sites (N-methyl/N-ethyl adjacent to an activating group) is 1. The summed E-state index contributed by atoms with van der Waals surface area (Å²) in [6, 6.07) is 9.40. The van der Waals surface area contributed by atoms with E-state index in [4.69, 9.17) is 4.74 Å². The van der Waals surface area contributed by atoms with Crippen LogP contribution in [-0.2, 0) is 16.6 Å². The molecule has 0 aromatic heterocycles. The first-order valence-corrected chi connectivity index (χ1v) is 7.77. The van der Waals surface area contributed by atoms with Gasteiger partial charge >= 0.3 is 0 Å². The Morgan fingerprint density at radius 3 is 2.15 bits per heavy atom. The molecule has 0 bridgehead atoms. The second-order valence-corrected chi connectivity index (χ2v) is 6.79. The lowest BCUT2D eigenvalue weighted by atomic mass is 9.86. The van der Waals surface area contributed by atoms with Crippen LogP contribution in [0.2, 0.25) is 0 Å². The van der Waals surface area contributed by atoms with Gasteiger partial charge in [-0.25, -0.2) is 0 Å². The lowest BCUT2D eigenvalue weighted by Crippen LogP contribution is -2.36. The molecule has 0 heterocycles. The molecule has 0 aliphatic heterocycles. The summed E-state index contributed by atoms with van der Waals surface area (Å²) in [6.45, 7) is 14.8. The lowest BCUT2D eigenvalue weighted by Gasteiger charge is -2.21. The zero-order valence-corrected chi connectivity index (χ0v) is 14.0. The summed E-state index contributed by atoms with van der Waals surface area (Å²) in [6.07, 6.45) is 1.31. The molecule has 0 amide bonds. The summed E-state index contributed by atoms with van der Waals surface area (Å²) >= 11 is 0. The molecule has 114 valence electrons. The topological polar surface area (TPSA) is 21.3 Å². The van der Waals surface area contributed by atoms with Crippen LogP contribution in [0.15, 0.2) is 24.3 Å². The molecule has 1 aromatic carbocycles. The molecule has 1 N–H and O–H groups in total. The smallest absolute Gasteiger partial charge is 0.0626 e. The maximum Gasteiger partial charge on any atom is 0.0626 e. The normalized spacial score (nSPS) is 13.8. The van der Waals surface area contributed by atoms with E-state index in [2.05, 4.69) is 71.1 Å². The van der Waals surface area contributed by atoms with E-state index < -0.39 is 0 Å². The van der Waals surface area contributed by atoms with Crippen molar-refractivity contribution in [1.82, 2.24) is 5.32 Å². The summed E-state index contributed by atoms with van der Waals surface area (Å²) in [5.41, 5.74) is 2.98. The third kappa shape index (κ3) is 6.06. The SMILES string of the molecule is CCNC(COC(C)C)Cc1ccc(C(C)(C)C)cc1. The van der Waals surface area contributed by atoms with Gasteiger partial charge in [-0.3, -0.25) is 0 Å². The quantitative estimate of drug-likeness (QED) is 0.815. The largest absolute Gasteiger partial charge is 0.377 e. The van der Waals surface area contributed by atoms with Crippen LogP contribution in [-0.4, -0.2) is 25.3 Å². The number of benzene rings is 1. The van der Waals surface area contributed by atoms with Gasteiger partial charge in [-0.05, 0) is 43.4 Å². The molecular weight excluding hydrogens is 246 g/mol. The Labute approximate surface area is 124 Å². The van der Waals surface area contributed by atoms with Crippen LogP contribution >= 0.6 is 0 Å². The molecule has 1 aromatic rings. The third-order valence-electron chi connectivity index (χ3n) is 3.43. The zero-order valence-electron chi connectivity index (χ0n) is 14.0. The van der Waals surface area contributed by atoms with Crippen LogP contribution in [0.5, 0.6) is 0 Å². The predicted molar refractivity (Wildman–Crippen MR) is 87.4 cm³/mol. The second-order valence-electron chi connectivity index (χ2n) is 6.79. The van der Waals surface area contributed by atoms with Crippen molar-refractivity contribution < 1.29 is 4.74 Å². The van der Waals surface area contributed by atoms with E-state index in [1.807, 2.05) is 0 Å². The summed E-state index contributed by atoms with van der Waals surface area (Å²) < 4.78 is 5.74. The lowest BCUT2D eigenvalue weighted by molar-refractivity contribution is 0.0616. The van der Waals surface area contributed by atoms with E-state index in [9.17, 15) is 0 Å². The van der Waals surface area contributed by atoms with Crippen LogP contribution in [0.4, 0.5) is 0 Å². The minimum Gasteiger partial charge on any atom is -0.377 e. The Morgan fingerprint density at radius 1 is 1.10 bits per heavy atom. The number of ether oxygens (including phenoxy) is 1. The van der Waals surface area contributed by atoms with Gasteiger partial charge in [0.15, 0.2) is 0 Å². The van der Waals surface area contributed by atoms with Crippen molar-refractivity contribution in [2.24, 2.45) is 0 Å². The summed E-state index contributed by atoms with van der Waals surface area (Å²) in [4.78, 5) is 0. The van der Waals surface area contributed by atoms with Gasteiger partial charge in [-0.2, -0.15) is 0 Å². The molecule has 0 saturated heterocycles. The average molecular weight is 277 g/mol. The second kappa shape index (κ2) is 7.80. The van der Waals surface area contributed by atoms with Gasteiger partial charge in [0.1, 0.15) is 0 Å². The van der Waals surface area contributed by atoms with Crippen LogP contribution in [0, 0.1) is 0 Å². The predicted octanol–water partition coefficient (Wildman–Crippen LogP) is 3.93. The van der Waals surface area contributed by atoms with E-state index in [1.54, 1.807) is 0 Å². The van der Waals surface area contributed by atoms with Gasteiger partial charge < -0.3 is 10.1 Å². The van der Waals surface area contributed by atoms with E-state index in [0.717, 1.165) is 19.6 Å². The molecular formula is C18H31NO. The van der Waals surface area contributed by atoms with Gasteiger partial charge in [0.2, 0.25) is 0 Å². The van der Waals surface area contributed by atoms with Crippen LogP contribution in [0.3, 0.4) is 0 Å². The van der Waals surface area contributed by atoms with Gasteiger partial charge in [-0.15, -0.1) is 0 Å². The molecule has 2 nitrogen and oxygen atoms in total. The molecule has 2 heteroatoms. The zero-order chi connectivity index (χ0) is 15.2. The summed E-state index contributed by atoms with van der Waals surface area (Å²) in [7, 11) is 0. The van der Waals surface area contributed by atoms with Crippen molar-refractivity contribution in [3.8, 4) is 0 Å². The Morgan fingerprint density at radius 2 is 1.70 bits per heavy atom. The van der Waals surface area contributed by atoms with E-state index >= 15 is 0 Å². The molecule has 1 atom stereocenters. The minimum atomic E-state index is 0.223. The molecule has 0 spiro atoms. The standard InChI is InChI=1S/C18H31NO/c1-7-19-17(13-20-14(2)3)12-15-8-10-16(11-9-15)18(4,5)6/h8-11,14,17,19H,7,12-13H2,1-6H3. The first-order chi connectivity index (χ1) is 9.32. The number of hydrogen-bond acceptors (Lipinski definition) is 2. The Bertz CT molecular complexity index is 375. The van der Waals surface area contributed by atoms with Crippen molar-refractivity contribution in [2.75, 3.05) is 13.2 Å². The van der Waals surface area contributed by atoms with Crippen molar-refractivity contribution in [1.29, 1.82) is 0 Å². The average Bonchev–Trinajstić information content (AvgIpc) is 2.36. The number of rotatable bonds is 7. The fourth-order valence-electron chi connectivity index (χ4n) is 2.21. The van der Waals surface area contributed by atoms with Crippen molar-refractivity contribution >= 4 is 0 Å². The molecule has 0 saturated carbocycles. The van der Waals surface area contributed by atoms with E-state index in [-0.39, 0.29) is 5.41 Å². The Balaban J connectivity index is 2.64. The summed E-state index contributed by atoms with van der Waals surface area (Å²) in [5.74, 6) is 0. The van der Waals surface area contributed by atoms with E-state index in [0.29, 0.717) is 12.1 Å². The minimum absolute atomic E-state index is 0.223.